The summed E-state index contributed by atoms with van der Waals surface area (Å²) < 4.78 is 54.4. The number of nitrogens with zero attached hydrogens (tertiary/aromatic N) is 4. The molecule has 0 aliphatic carbocycles. The zero-order valence-corrected chi connectivity index (χ0v) is 11.6. The maximum absolute atomic E-state index is 13.5. The van der Waals surface area contributed by atoms with E-state index in [9.17, 15) is 22.7 Å². The molecule has 2 aromatic heterocycles. The number of rotatable bonds is 2. The predicted octanol–water partition coefficient (Wildman–Crippen LogP) is 4.25. The van der Waals surface area contributed by atoms with Crippen LogP contribution in [0.5, 0.6) is 5.88 Å². The third kappa shape index (κ3) is 2.30. The van der Waals surface area contributed by atoms with E-state index in [1.165, 1.54) is 4.57 Å². The molecular weight excluding hydrogens is 316 g/mol. The van der Waals surface area contributed by atoms with Crippen molar-refractivity contribution in [2.45, 2.75) is 0 Å². The number of aryl methyl sites for hydroxylation is 1. The molecule has 1 aromatic carbocycles. The van der Waals surface area contributed by atoms with E-state index >= 15 is 0 Å². The topological polar surface area (TPSA) is 62.8 Å². The van der Waals surface area contributed by atoms with E-state index < -0.39 is 29.2 Å². The molecule has 0 spiro atoms. The molecule has 2 heterocycles. The normalized spacial score (nSPS) is 11.7. The monoisotopic (exact) mass is 324 g/mol. The Morgan fingerprint density at radius 2 is 1.52 bits per heavy atom. The Labute approximate surface area is 126 Å². The molecule has 0 radical (unpaired) electrons. The van der Waals surface area contributed by atoms with Crippen LogP contribution in [0.1, 0.15) is 0 Å². The highest BCUT2D eigenvalue weighted by Crippen LogP contribution is 2.39. The predicted molar refractivity (Wildman–Crippen MR) is 72.8 cm³/mol. The van der Waals surface area contributed by atoms with Gasteiger partial charge in [0.2, 0.25) is 17.5 Å². The van der Waals surface area contributed by atoms with Crippen LogP contribution in [0.4, 0.5) is 28.9 Å². The van der Waals surface area contributed by atoms with Gasteiger partial charge in [-0.05, 0) is 6.07 Å². The number of hydrogen-bond acceptors (Lipinski definition) is 4. The highest BCUT2D eigenvalue weighted by Gasteiger charge is 2.21. The highest BCUT2D eigenvalue weighted by molar-refractivity contribution is 5.94. The first-order valence-corrected chi connectivity index (χ1v) is 6.30. The average Bonchev–Trinajstić information content (AvgIpc) is 2.78. The standard InChI is InChI=1S/C14H8F4N4O/c1-22-7-5-3-2-4-6(7)10(14(22)23)20-21-11-8(15)12(17)19-13(18)9(11)16/h2-5,23H,1H3. The van der Waals surface area contributed by atoms with E-state index in [4.69, 9.17) is 0 Å². The van der Waals surface area contributed by atoms with Crippen molar-refractivity contribution in [3.8, 4) is 5.88 Å². The van der Waals surface area contributed by atoms with Gasteiger partial charge in [0.25, 0.3) is 11.9 Å². The molecule has 0 amide bonds. The fourth-order valence-electron chi connectivity index (χ4n) is 2.12. The van der Waals surface area contributed by atoms with Crippen molar-refractivity contribution in [1.82, 2.24) is 9.55 Å². The lowest BCUT2D eigenvalue weighted by Gasteiger charge is -2.00. The lowest BCUT2D eigenvalue weighted by atomic mass is 10.2. The Balaban J connectivity index is 2.18. The summed E-state index contributed by atoms with van der Waals surface area (Å²) in [6.07, 6.45) is 0. The summed E-state index contributed by atoms with van der Waals surface area (Å²) in [5.74, 6) is -7.52. The first-order valence-electron chi connectivity index (χ1n) is 6.30. The largest absolute Gasteiger partial charge is 0.493 e. The molecule has 0 bridgehead atoms. The van der Waals surface area contributed by atoms with E-state index in [1.807, 2.05) is 0 Å². The summed E-state index contributed by atoms with van der Waals surface area (Å²) >= 11 is 0. The van der Waals surface area contributed by atoms with Gasteiger partial charge in [-0.25, -0.2) is 0 Å². The third-order valence-corrected chi connectivity index (χ3v) is 3.27. The third-order valence-electron chi connectivity index (χ3n) is 3.27. The van der Waals surface area contributed by atoms with Crippen molar-refractivity contribution in [3.63, 3.8) is 0 Å². The van der Waals surface area contributed by atoms with E-state index in [-0.39, 0.29) is 11.6 Å². The van der Waals surface area contributed by atoms with Gasteiger partial charge in [0.05, 0.1) is 5.52 Å². The smallest absolute Gasteiger partial charge is 0.254 e. The molecule has 3 rings (SSSR count). The number of pyridine rings is 1. The fraction of sp³-hybridized carbons (Fsp3) is 0.0714. The van der Waals surface area contributed by atoms with Crippen LogP contribution in [0.25, 0.3) is 10.9 Å². The van der Waals surface area contributed by atoms with Crippen LogP contribution in [0.2, 0.25) is 0 Å². The number of para-hydroxylation sites is 1. The molecule has 118 valence electrons. The summed E-state index contributed by atoms with van der Waals surface area (Å²) in [6, 6.07) is 6.66. The highest BCUT2D eigenvalue weighted by atomic mass is 19.2. The van der Waals surface area contributed by atoms with Gasteiger partial charge >= 0.3 is 0 Å². The van der Waals surface area contributed by atoms with Gasteiger partial charge in [-0.2, -0.15) is 22.5 Å². The van der Waals surface area contributed by atoms with E-state index in [0.29, 0.717) is 10.9 Å². The number of hydrogen-bond donors (Lipinski definition) is 1. The lowest BCUT2D eigenvalue weighted by Crippen LogP contribution is -1.98. The van der Waals surface area contributed by atoms with E-state index in [0.717, 1.165) is 0 Å². The van der Waals surface area contributed by atoms with Crippen molar-refractivity contribution < 1.29 is 22.7 Å². The minimum atomic E-state index is -1.83. The quantitative estimate of drug-likeness (QED) is 0.435. The molecule has 0 aliphatic heterocycles. The van der Waals surface area contributed by atoms with Crippen molar-refractivity contribution in [1.29, 1.82) is 0 Å². The molecule has 0 atom stereocenters. The number of aromatic hydroxyl groups is 1. The second kappa shape index (κ2) is 5.34. The Hall–Kier alpha value is -2.97. The SMILES string of the molecule is Cn1c(O)c(N=Nc2c(F)c(F)nc(F)c2F)c2ccccc21. The summed E-state index contributed by atoms with van der Waals surface area (Å²) in [5, 5.41) is 17.2. The number of benzene rings is 1. The van der Waals surface area contributed by atoms with Gasteiger partial charge in [-0.3, -0.25) is 0 Å². The van der Waals surface area contributed by atoms with Gasteiger partial charge < -0.3 is 9.67 Å². The zero-order chi connectivity index (χ0) is 16.7. The second-order valence-corrected chi connectivity index (χ2v) is 4.62. The maximum atomic E-state index is 13.5. The summed E-state index contributed by atoms with van der Waals surface area (Å²) in [5.41, 5.74) is -0.756. The molecule has 0 unspecified atom stereocenters. The van der Waals surface area contributed by atoms with Gasteiger partial charge in [-0.15, -0.1) is 10.2 Å². The average molecular weight is 324 g/mol. The number of halogens is 4. The van der Waals surface area contributed by atoms with E-state index in [2.05, 4.69) is 15.2 Å². The Morgan fingerprint density at radius 1 is 0.957 bits per heavy atom. The molecule has 3 aromatic rings. The van der Waals surface area contributed by atoms with Crippen LogP contribution >= 0.6 is 0 Å². The lowest BCUT2D eigenvalue weighted by molar-refractivity contribution is 0.409. The Morgan fingerprint density at radius 3 is 2.17 bits per heavy atom. The first kappa shape index (κ1) is 14.9. The van der Waals surface area contributed by atoms with E-state index in [1.54, 1.807) is 31.3 Å². The molecule has 0 aliphatic rings. The van der Waals surface area contributed by atoms with Crippen LogP contribution in [0.3, 0.4) is 0 Å². The zero-order valence-electron chi connectivity index (χ0n) is 11.6. The summed E-state index contributed by atoms with van der Waals surface area (Å²) in [7, 11) is 1.55. The van der Waals surface area contributed by atoms with Crippen molar-refractivity contribution >= 4 is 22.3 Å². The van der Waals surface area contributed by atoms with Crippen molar-refractivity contribution in [3.05, 3.63) is 47.8 Å². The summed E-state index contributed by atoms with van der Waals surface area (Å²) in [4.78, 5) is 2.42. The van der Waals surface area contributed by atoms with Gasteiger partial charge in [0.1, 0.15) is 0 Å². The van der Waals surface area contributed by atoms with Gasteiger partial charge in [0, 0.05) is 12.4 Å². The maximum Gasteiger partial charge on any atom is 0.254 e. The first-order chi connectivity index (χ1) is 10.9. The molecule has 9 heteroatoms. The van der Waals surface area contributed by atoms with Crippen LogP contribution in [0.15, 0.2) is 34.5 Å². The van der Waals surface area contributed by atoms with Crippen LogP contribution in [-0.4, -0.2) is 14.7 Å². The van der Waals surface area contributed by atoms with Gasteiger partial charge in [-0.1, -0.05) is 18.2 Å². The molecule has 0 saturated heterocycles. The van der Waals surface area contributed by atoms with Crippen molar-refractivity contribution in [2.24, 2.45) is 17.3 Å². The second-order valence-electron chi connectivity index (χ2n) is 4.62. The number of aromatic nitrogens is 2. The molecule has 5 nitrogen and oxygen atoms in total. The van der Waals surface area contributed by atoms with Crippen LogP contribution in [-0.2, 0) is 7.05 Å². The minimum absolute atomic E-state index is 0.0838. The fourth-order valence-corrected chi connectivity index (χ4v) is 2.12. The Kier molecular flexibility index (Phi) is 3.47. The van der Waals surface area contributed by atoms with Gasteiger partial charge in [0.15, 0.2) is 11.4 Å². The molecule has 0 fully saturated rings. The van der Waals surface area contributed by atoms with Crippen LogP contribution < -0.4 is 0 Å². The number of azo groups is 1. The molecular formula is C14H8F4N4O. The molecule has 0 saturated carbocycles. The van der Waals surface area contributed by atoms with Crippen molar-refractivity contribution in [2.75, 3.05) is 0 Å². The molecule has 23 heavy (non-hydrogen) atoms. The molecule has 1 N–H and O–H groups in total. The minimum Gasteiger partial charge on any atom is -0.493 e. The summed E-state index contributed by atoms with van der Waals surface area (Å²) in [6.45, 7) is 0. The Bertz CT molecular complexity index is 926. The van der Waals surface area contributed by atoms with Crippen LogP contribution in [0, 0.1) is 23.5 Å². The number of fused-ring (bicyclic) bond motifs is 1.